The number of hydrogen-bond acceptors (Lipinski definition) is 3. The molecule has 1 amide bonds. The summed E-state index contributed by atoms with van der Waals surface area (Å²) in [4.78, 5) is 19.3. The summed E-state index contributed by atoms with van der Waals surface area (Å²) in [6.45, 7) is 4.51. The van der Waals surface area contributed by atoms with E-state index in [-0.39, 0.29) is 11.9 Å². The molecule has 1 atom stereocenters. The molecular weight excluding hydrogens is 248 g/mol. The van der Waals surface area contributed by atoms with E-state index in [1.165, 1.54) is 0 Å². The topological polar surface area (TPSA) is 62.7 Å². The fourth-order valence-electron chi connectivity index (χ4n) is 1.83. The maximum Gasteiger partial charge on any atom is 0.242 e. The van der Waals surface area contributed by atoms with Crippen molar-refractivity contribution in [3.05, 3.63) is 23.1 Å². The van der Waals surface area contributed by atoms with Gasteiger partial charge in [-0.1, -0.05) is 6.92 Å². The Labute approximate surface area is 110 Å². The summed E-state index contributed by atoms with van der Waals surface area (Å²) in [7, 11) is 0. The third-order valence-corrected chi connectivity index (χ3v) is 3.09. The number of H-pyrrole nitrogens is 1. The number of nitrogens with one attached hydrogen (secondary N) is 2. The van der Waals surface area contributed by atoms with Crippen molar-refractivity contribution >= 4 is 29.3 Å². The van der Waals surface area contributed by atoms with Crippen molar-refractivity contribution in [2.45, 2.75) is 26.3 Å². The molecule has 0 bridgehead atoms. The molecule has 2 aromatic heterocycles. The van der Waals surface area contributed by atoms with Gasteiger partial charge in [0.2, 0.25) is 5.91 Å². The van der Waals surface area contributed by atoms with Crippen LogP contribution in [-0.2, 0) is 4.79 Å². The molecule has 2 aromatic rings. The number of pyridine rings is 1. The monoisotopic (exact) mass is 264 g/mol. The van der Waals surface area contributed by atoms with Gasteiger partial charge in [0, 0.05) is 12.7 Å². The van der Waals surface area contributed by atoms with Gasteiger partial charge in [0.15, 0.2) is 10.4 Å². The average molecular weight is 264 g/mol. The standard InChI is InChI=1S/C12H16N4OS/c1-3-6-14-11(17)8(2)16-10-9(15-12(16)18)5-4-7-13-10/h4-5,7-8H,3,6H2,1-2H3,(H,14,17)(H,15,18). The van der Waals surface area contributed by atoms with E-state index in [4.69, 9.17) is 12.2 Å². The first-order valence-electron chi connectivity index (χ1n) is 5.98. The molecule has 0 aliphatic rings. The Morgan fingerprint density at radius 1 is 1.67 bits per heavy atom. The van der Waals surface area contributed by atoms with Crippen LogP contribution in [0.4, 0.5) is 0 Å². The second-order valence-electron chi connectivity index (χ2n) is 4.14. The first kappa shape index (κ1) is 12.8. The Bertz CT molecular complexity index is 616. The molecule has 2 rings (SSSR count). The Kier molecular flexibility index (Phi) is 3.76. The third-order valence-electron chi connectivity index (χ3n) is 2.79. The molecule has 0 saturated heterocycles. The minimum atomic E-state index is -0.368. The van der Waals surface area contributed by atoms with Crippen LogP contribution in [0.25, 0.3) is 11.2 Å². The lowest BCUT2D eigenvalue weighted by Gasteiger charge is -2.13. The van der Waals surface area contributed by atoms with Crippen LogP contribution in [-0.4, -0.2) is 27.0 Å². The van der Waals surface area contributed by atoms with Crippen LogP contribution in [0, 0.1) is 4.77 Å². The van der Waals surface area contributed by atoms with Gasteiger partial charge < -0.3 is 10.3 Å². The van der Waals surface area contributed by atoms with Crippen LogP contribution in [0.3, 0.4) is 0 Å². The van der Waals surface area contributed by atoms with Crippen molar-refractivity contribution in [2.24, 2.45) is 0 Å². The molecule has 96 valence electrons. The summed E-state index contributed by atoms with van der Waals surface area (Å²) >= 11 is 5.25. The van der Waals surface area contributed by atoms with Crippen LogP contribution in [0.5, 0.6) is 0 Å². The zero-order valence-electron chi connectivity index (χ0n) is 10.4. The fraction of sp³-hybridized carbons (Fsp3) is 0.417. The highest BCUT2D eigenvalue weighted by molar-refractivity contribution is 7.71. The van der Waals surface area contributed by atoms with Gasteiger partial charge in [0.05, 0.1) is 5.52 Å². The van der Waals surface area contributed by atoms with Crippen molar-refractivity contribution in [2.75, 3.05) is 6.54 Å². The number of carbonyl (C=O) groups excluding carboxylic acids is 1. The van der Waals surface area contributed by atoms with Crippen molar-refractivity contribution in [1.82, 2.24) is 19.9 Å². The minimum Gasteiger partial charge on any atom is -0.354 e. The second kappa shape index (κ2) is 5.30. The van der Waals surface area contributed by atoms with Gasteiger partial charge in [0.25, 0.3) is 0 Å². The molecule has 18 heavy (non-hydrogen) atoms. The zero-order valence-corrected chi connectivity index (χ0v) is 11.3. The lowest BCUT2D eigenvalue weighted by molar-refractivity contribution is -0.123. The summed E-state index contributed by atoms with van der Waals surface area (Å²) < 4.78 is 2.26. The summed E-state index contributed by atoms with van der Waals surface area (Å²) in [6.07, 6.45) is 2.61. The van der Waals surface area contributed by atoms with Gasteiger partial charge in [-0.3, -0.25) is 9.36 Å². The van der Waals surface area contributed by atoms with Crippen molar-refractivity contribution in [3.63, 3.8) is 0 Å². The molecular formula is C12H16N4OS. The Hall–Kier alpha value is -1.69. The zero-order chi connectivity index (χ0) is 13.1. The molecule has 0 radical (unpaired) electrons. The molecule has 0 aliphatic heterocycles. The molecule has 0 spiro atoms. The average Bonchev–Trinajstić information content (AvgIpc) is 2.70. The number of nitrogens with zero attached hydrogens (tertiary/aromatic N) is 2. The minimum absolute atomic E-state index is 0.0421. The number of rotatable bonds is 4. The normalized spacial score (nSPS) is 12.6. The molecule has 0 saturated carbocycles. The number of aromatic nitrogens is 3. The predicted molar refractivity (Wildman–Crippen MR) is 72.9 cm³/mol. The number of amides is 1. The second-order valence-corrected chi connectivity index (χ2v) is 4.53. The van der Waals surface area contributed by atoms with Crippen LogP contribution in [0.1, 0.15) is 26.3 Å². The van der Waals surface area contributed by atoms with Gasteiger partial charge in [-0.05, 0) is 37.7 Å². The van der Waals surface area contributed by atoms with Crippen LogP contribution >= 0.6 is 12.2 Å². The van der Waals surface area contributed by atoms with E-state index in [1.54, 1.807) is 10.8 Å². The maximum absolute atomic E-state index is 12.0. The summed E-state index contributed by atoms with van der Waals surface area (Å²) in [6, 6.07) is 3.36. The first-order valence-corrected chi connectivity index (χ1v) is 6.39. The number of carbonyl (C=O) groups is 1. The number of aromatic amines is 1. The van der Waals surface area contributed by atoms with Crippen LogP contribution in [0.2, 0.25) is 0 Å². The molecule has 0 fully saturated rings. The molecule has 1 unspecified atom stereocenters. The van der Waals surface area contributed by atoms with E-state index in [9.17, 15) is 4.79 Å². The highest BCUT2D eigenvalue weighted by Crippen LogP contribution is 2.16. The first-order chi connectivity index (χ1) is 8.65. The largest absolute Gasteiger partial charge is 0.354 e. The highest BCUT2D eigenvalue weighted by Gasteiger charge is 2.18. The molecule has 6 heteroatoms. The Morgan fingerprint density at radius 2 is 2.44 bits per heavy atom. The Balaban J connectivity index is 2.38. The quantitative estimate of drug-likeness (QED) is 0.832. The maximum atomic E-state index is 12.0. The highest BCUT2D eigenvalue weighted by atomic mass is 32.1. The Morgan fingerprint density at radius 3 is 3.17 bits per heavy atom. The van der Waals surface area contributed by atoms with Gasteiger partial charge in [-0.25, -0.2) is 4.98 Å². The van der Waals surface area contributed by atoms with Gasteiger partial charge >= 0.3 is 0 Å². The van der Waals surface area contributed by atoms with Gasteiger partial charge in [0.1, 0.15) is 6.04 Å². The van der Waals surface area contributed by atoms with Crippen molar-refractivity contribution in [3.8, 4) is 0 Å². The summed E-state index contributed by atoms with van der Waals surface area (Å²) in [5.74, 6) is -0.0421. The summed E-state index contributed by atoms with van der Waals surface area (Å²) in [5, 5.41) is 2.86. The van der Waals surface area contributed by atoms with E-state index < -0.39 is 0 Å². The molecule has 0 aromatic carbocycles. The fourth-order valence-corrected chi connectivity index (χ4v) is 2.19. The van der Waals surface area contributed by atoms with E-state index in [0.29, 0.717) is 17.0 Å². The van der Waals surface area contributed by atoms with Gasteiger partial charge in [-0.2, -0.15) is 0 Å². The smallest absolute Gasteiger partial charge is 0.242 e. The van der Waals surface area contributed by atoms with E-state index in [0.717, 1.165) is 11.9 Å². The van der Waals surface area contributed by atoms with Gasteiger partial charge in [-0.15, -0.1) is 0 Å². The lowest BCUT2D eigenvalue weighted by atomic mass is 10.3. The van der Waals surface area contributed by atoms with Crippen molar-refractivity contribution < 1.29 is 4.79 Å². The number of fused-ring (bicyclic) bond motifs is 1. The van der Waals surface area contributed by atoms with Crippen LogP contribution < -0.4 is 5.32 Å². The third kappa shape index (κ3) is 2.28. The number of imidazole rings is 1. The molecule has 0 aliphatic carbocycles. The van der Waals surface area contributed by atoms with E-state index in [2.05, 4.69) is 15.3 Å². The summed E-state index contributed by atoms with van der Waals surface area (Å²) in [5.41, 5.74) is 1.55. The van der Waals surface area contributed by atoms with Crippen molar-refractivity contribution in [1.29, 1.82) is 0 Å². The lowest BCUT2D eigenvalue weighted by Crippen LogP contribution is -2.31. The molecule has 2 heterocycles. The molecule has 2 N–H and O–H groups in total. The number of hydrogen-bond donors (Lipinski definition) is 2. The predicted octanol–water partition coefficient (Wildman–Crippen LogP) is 2.18. The SMILES string of the molecule is CCCNC(=O)C(C)n1c(=S)[nH]c2cccnc21. The molecule has 5 nitrogen and oxygen atoms in total. The van der Waals surface area contributed by atoms with E-state index >= 15 is 0 Å². The van der Waals surface area contributed by atoms with E-state index in [1.807, 2.05) is 26.0 Å². The van der Waals surface area contributed by atoms with Crippen LogP contribution in [0.15, 0.2) is 18.3 Å².